The molecule has 152 valence electrons. The van der Waals surface area contributed by atoms with Crippen molar-refractivity contribution in [2.24, 2.45) is 0 Å². The van der Waals surface area contributed by atoms with Crippen LogP contribution in [0.15, 0.2) is 42.5 Å². The van der Waals surface area contributed by atoms with Crippen LogP contribution in [0, 0.1) is 11.6 Å². The van der Waals surface area contributed by atoms with Crippen molar-refractivity contribution in [2.45, 2.75) is 38.0 Å². The van der Waals surface area contributed by atoms with Crippen LogP contribution in [0.4, 0.5) is 13.6 Å². The van der Waals surface area contributed by atoms with Crippen molar-refractivity contribution >= 4 is 23.5 Å². The molecule has 2 saturated heterocycles. The van der Waals surface area contributed by atoms with Gasteiger partial charge in [-0.3, -0.25) is 9.69 Å². The van der Waals surface area contributed by atoms with Crippen LogP contribution in [0.1, 0.15) is 24.0 Å². The number of amides is 3. The summed E-state index contributed by atoms with van der Waals surface area (Å²) in [6, 6.07) is 8.59. The van der Waals surface area contributed by atoms with Crippen molar-refractivity contribution in [1.29, 1.82) is 0 Å². The first-order valence-electron chi connectivity index (χ1n) is 9.48. The summed E-state index contributed by atoms with van der Waals surface area (Å²) in [6.07, 6.45) is 1.45. The highest BCUT2D eigenvalue weighted by Crippen LogP contribution is 2.30. The molecule has 5 nitrogen and oxygen atoms in total. The van der Waals surface area contributed by atoms with Gasteiger partial charge in [-0.1, -0.05) is 29.8 Å². The van der Waals surface area contributed by atoms with E-state index in [4.69, 9.17) is 11.6 Å². The van der Waals surface area contributed by atoms with Crippen LogP contribution in [0.3, 0.4) is 0 Å². The van der Waals surface area contributed by atoms with Gasteiger partial charge in [-0.05, 0) is 49.2 Å². The highest BCUT2D eigenvalue weighted by molar-refractivity contribution is 6.31. The Hall–Kier alpha value is -2.51. The quantitative estimate of drug-likeness (QED) is 0.822. The topological polar surface area (TPSA) is 52.7 Å². The molecule has 4 rings (SSSR count). The van der Waals surface area contributed by atoms with E-state index in [2.05, 4.69) is 5.32 Å². The zero-order chi connectivity index (χ0) is 20.5. The lowest BCUT2D eigenvalue weighted by atomic mass is 9.92. The number of carbonyl (C=O) groups excluding carboxylic acids is 2. The Morgan fingerprint density at radius 1 is 1.07 bits per heavy atom. The lowest BCUT2D eigenvalue weighted by Gasteiger charge is -2.47. The fourth-order valence-corrected chi connectivity index (χ4v) is 4.20. The maximum atomic E-state index is 14.4. The zero-order valence-electron chi connectivity index (χ0n) is 15.6. The van der Waals surface area contributed by atoms with E-state index in [0.29, 0.717) is 18.5 Å². The molecule has 0 saturated carbocycles. The van der Waals surface area contributed by atoms with E-state index in [-0.39, 0.29) is 35.6 Å². The number of hydrogen-bond acceptors (Lipinski definition) is 3. The van der Waals surface area contributed by atoms with Gasteiger partial charge in [-0.25, -0.2) is 13.6 Å². The Balaban J connectivity index is 1.66. The van der Waals surface area contributed by atoms with E-state index >= 15 is 0 Å². The Kier molecular flexibility index (Phi) is 5.52. The molecular formula is C21H20ClF2N3O2. The van der Waals surface area contributed by atoms with Crippen molar-refractivity contribution in [3.05, 3.63) is 70.2 Å². The Morgan fingerprint density at radius 2 is 1.83 bits per heavy atom. The maximum absolute atomic E-state index is 14.4. The number of imide groups is 1. The number of fused-ring (bicyclic) bond motifs is 1. The van der Waals surface area contributed by atoms with Crippen LogP contribution in [-0.4, -0.2) is 40.4 Å². The Morgan fingerprint density at radius 3 is 2.55 bits per heavy atom. The van der Waals surface area contributed by atoms with Crippen molar-refractivity contribution in [1.82, 2.24) is 15.1 Å². The maximum Gasteiger partial charge on any atom is 0.327 e. The smallest absolute Gasteiger partial charge is 0.315 e. The summed E-state index contributed by atoms with van der Waals surface area (Å²) >= 11 is 6.17. The van der Waals surface area contributed by atoms with Gasteiger partial charge in [0.1, 0.15) is 17.7 Å². The summed E-state index contributed by atoms with van der Waals surface area (Å²) in [6.45, 7) is 0.657. The molecule has 0 radical (unpaired) electrons. The number of hydrogen-bond donors (Lipinski definition) is 1. The normalized spacial score (nSPS) is 22.0. The first-order valence-corrected chi connectivity index (χ1v) is 9.86. The summed E-state index contributed by atoms with van der Waals surface area (Å²) in [5, 5.41) is 3.43. The second-order valence-electron chi connectivity index (χ2n) is 7.30. The van der Waals surface area contributed by atoms with E-state index in [1.165, 1.54) is 41.3 Å². The summed E-state index contributed by atoms with van der Waals surface area (Å²) in [5.74, 6) is -1.21. The van der Waals surface area contributed by atoms with E-state index in [1.807, 2.05) is 0 Å². The van der Waals surface area contributed by atoms with E-state index in [0.717, 1.165) is 11.3 Å². The molecule has 29 heavy (non-hydrogen) atoms. The molecule has 2 aromatic rings. The van der Waals surface area contributed by atoms with Crippen LogP contribution in [0.5, 0.6) is 0 Å². The summed E-state index contributed by atoms with van der Waals surface area (Å²) in [4.78, 5) is 28.9. The average molecular weight is 420 g/mol. The molecule has 0 aliphatic carbocycles. The number of rotatable bonds is 4. The fourth-order valence-electron chi connectivity index (χ4n) is 3.97. The van der Waals surface area contributed by atoms with Crippen molar-refractivity contribution in [3.63, 3.8) is 0 Å². The van der Waals surface area contributed by atoms with Gasteiger partial charge in [0, 0.05) is 10.6 Å². The van der Waals surface area contributed by atoms with Crippen LogP contribution >= 0.6 is 11.6 Å². The number of halogens is 3. The Labute approximate surface area is 172 Å². The predicted octanol–water partition coefficient (Wildman–Crippen LogP) is 3.70. The van der Waals surface area contributed by atoms with Crippen LogP contribution in [0.2, 0.25) is 5.02 Å². The highest BCUT2D eigenvalue weighted by Gasteiger charge is 2.47. The molecule has 2 fully saturated rings. The average Bonchev–Trinajstić information content (AvgIpc) is 2.72. The van der Waals surface area contributed by atoms with E-state index < -0.39 is 23.7 Å². The van der Waals surface area contributed by atoms with Gasteiger partial charge >= 0.3 is 6.03 Å². The van der Waals surface area contributed by atoms with Gasteiger partial charge in [0.2, 0.25) is 5.91 Å². The predicted molar refractivity (Wildman–Crippen MR) is 104 cm³/mol. The number of urea groups is 1. The third-order valence-electron chi connectivity index (χ3n) is 5.48. The molecule has 2 aromatic carbocycles. The molecule has 3 amide bonds. The van der Waals surface area contributed by atoms with Gasteiger partial charge in [-0.15, -0.1) is 0 Å². The second kappa shape index (κ2) is 8.08. The number of nitrogens with one attached hydrogen (secondary N) is 1. The lowest BCUT2D eigenvalue weighted by molar-refractivity contribution is -0.137. The molecule has 1 N–H and O–H groups in total. The highest BCUT2D eigenvalue weighted by atomic mass is 35.5. The van der Waals surface area contributed by atoms with Crippen LogP contribution in [0.25, 0.3) is 0 Å². The fraction of sp³-hybridized carbons (Fsp3) is 0.333. The van der Waals surface area contributed by atoms with Gasteiger partial charge in [0.15, 0.2) is 0 Å². The molecule has 2 unspecified atom stereocenters. The largest absolute Gasteiger partial charge is 0.327 e. The van der Waals surface area contributed by atoms with Gasteiger partial charge in [-0.2, -0.15) is 0 Å². The summed E-state index contributed by atoms with van der Waals surface area (Å²) < 4.78 is 27.6. The molecule has 8 heteroatoms. The van der Waals surface area contributed by atoms with Crippen molar-refractivity contribution < 1.29 is 18.4 Å². The number of piperidine rings is 1. The minimum Gasteiger partial charge on any atom is -0.315 e. The molecule has 2 atom stereocenters. The molecule has 0 aromatic heterocycles. The first-order chi connectivity index (χ1) is 14.0. The minimum atomic E-state index is -0.563. The van der Waals surface area contributed by atoms with Crippen molar-refractivity contribution in [3.8, 4) is 0 Å². The minimum absolute atomic E-state index is 0.0182. The van der Waals surface area contributed by atoms with Gasteiger partial charge in [0.25, 0.3) is 0 Å². The molecule has 2 aliphatic rings. The van der Waals surface area contributed by atoms with Crippen LogP contribution in [-0.2, 0) is 17.9 Å². The molecule has 0 bridgehead atoms. The SMILES string of the molecule is O=C1C2NCCCC2N(Cc2c(F)cccc2Cl)C(=O)N1Cc1ccc(F)cc1. The standard InChI is InChI=1S/C21H20ClF2N3O2/c22-16-3-1-4-17(24)15(16)12-26-18-5-2-10-25-19(18)20(28)27(21(26)29)11-13-6-8-14(23)9-7-13/h1,3-4,6-9,18-19,25H,2,5,10-12H2. The Bertz CT molecular complexity index is 918. The van der Waals surface area contributed by atoms with Gasteiger partial charge < -0.3 is 10.2 Å². The van der Waals surface area contributed by atoms with E-state index in [9.17, 15) is 18.4 Å². The molecular weight excluding hydrogens is 400 g/mol. The summed E-state index contributed by atoms with van der Waals surface area (Å²) in [7, 11) is 0. The number of nitrogens with zero attached hydrogens (tertiary/aromatic N) is 2. The summed E-state index contributed by atoms with van der Waals surface area (Å²) in [5.41, 5.74) is 0.856. The number of carbonyl (C=O) groups is 2. The second-order valence-corrected chi connectivity index (χ2v) is 7.71. The van der Waals surface area contributed by atoms with Gasteiger partial charge in [0.05, 0.1) is 19.1 Å². The molecule has 0 spiro atoms. The van der Waals surface area contributed by atoms with Crippen LogP contribution < -0.4 is 5.32 Å². The molecule has 2 heterocycles. The lowest BCUT2D eigenvalue weighted by Crippen LogP contribution is -2.69. The number of benzene rings is 2. The monoisotopic (exact) mass is 419 g/mol. The van der Waals surface area contributed by atoms with Crippen molar-refractivity contribution in [2.75, 3.05) is 6.54 Å². The van der Waals surface area contributed by atoms with E-state index in [1.54, 1.807) is 6.07 Å². The zero-order valence-corrected chi connectivity index (χ0v) is 16.3. The third kappa shape index (κ3) is 3.84. The first kappa shape index (κ1) is 19.8. The third-order valence-corrected chi connectivity index (χ3v) is 5.83. The molecule has 2 aliphatic heterocycles.